The lowest BCUT2D eigenvalue weighted by Gasteiger charge is -2.26. The van der Waals surface area contributed by atoms with Gasteiger partial charge in [-0.25, -0.2) is 4.39 Å². The molecule has 0 bridgehead atoms. The van der Waals surface area contributed by atoms with Crippen LogP contribution >= 0.6 is 0 Å². The first-order chi connectivity index (χ1) is 10.6. The summed E-state index contributed by atoms with van der Waals surface area (Å²) in [6.45, 7) is 7.05. The maximum atomic E-state index is 12.9. The second-order valence-electron chi connectivity index (χ2n) is 6.44. The van der Waals surface area contributed by atoms with E-state index in [0.717, 1.165) is 0 Å². The normalized spacial score (nSPS) is 12.8. The van der Waals surface area contributed by atoms with E-state index in [1.54, 1.807) is 13.8 Å². The van der Waals surface area contributed by atoms with Crippen LogP contribution in [0, 0.1) is 17.7 Å². The van der Waals surface area contributed by atoms with E-state index < -0.39 is 29.2 Å². The standard InChI is InChI=1S/C17H24FNO4/c1-11(2)9-12(15(20)21)10-19-16(22)17(3,4)23-14-7-5-13(18)6-8-14/h5-8,11-12H,9-10H2,1-4H3,(H,19,22)(H,20,21). The number of ether oxygens (including phenoxy) is 1. The second kappa shape index (κ2) is 7.94. The lowest BCUT2D eigenvalue weighted by Crippen LogP contribution is -2.48. The van der Waals surface area contributed by atoms with Crippen LogP contribution in [-0.2, 0) is 9.59 Å². The first-order valence-corrected chi connectivity index (χ1v) is 7.57. The molecule has 2 N–H and O–H groups in total. The highest BCUT2D eigenvalue weighted by molar-refractivity contribution is 5.85. The predicted molar refractivity (Wildman–Crippen MR) is 84.7 cm³/mol. The topological polar surface area (TPSA) is 75.6 Å². The Morgan fingerprint density at radius 1 is 1.26 bits per heavy atom. The number of aliphatic carboxylic acids is 1. The third-order valence-electron chi connectivity index (χ3n) is 3.35. The zero-order valence-electron chi connectivity index (χ0n) is 13.9. The third kappa shape index (κ3) is 6.26. The van der Waals surface area contributed by atoms with Gasteiger partial charge in [0.1, 0.15) is 11.6 Å². The average molecular weight is 325 g/mol. The fourth-order valence-electron chi connectivity index (χ4n) is 2.11. The first-order valence-electron chi connectivity index (χ1n) is 7.57. The third-order valence-corrected chi connectivity index (χ3v) is 3.35. The summed E-state index contributed by atoms with van der Waals surface area (Å²) in [5.41, 5.74) is -1.20. The largest absolute Gasteiger partial charge is 0.481 e. The molecule has 6 heteroatoms. The fourth-order valence-corrected chi connectivity index (χ4v) is 2.11. The quantitative estimate of drug-likeness (QED) is 0.770. The molecule has 0 aliphatic heterocycles. The summed E-state index contributed by atoms with van der Waals surface area (Å²) >= 11 is 0. The van der Waals surface area contributed by atoms with Crippen molar-refractivity contribution in [3.05, 3.63) is 30.1 Å². The highest BCUT2D eigenvalue weighted by Crippen LogP contribution is 2.19. The SMILES string of the molecule is CC(C)CC(CNC(=O)C(C)(C)Oc1ccc(F)cc1)C(=O)O. The summed E-state index contributed by atoms with van der Waals surface area (Å²) in [5, 5.41) is 11.8. The monoisotopic (exact) mass is 325 g/mol. The van der Waals surface area contributed by atoms with Crippen LogP contribution in [0.2, 0.25) is 0 Å². The number of amides is 1. The molecule has 0 aliphatic carbocycles. The Morgan fingerprint density at radius 3 is 2.30 bits per heavy atom. The average Bonchev–Trinajstić information content (AvgIpc) is 2.44. The number of carboxylic acids is 1. The molecule has 0 saturated heterocycles. The van der Waals surface area contributed by atoms with Crippen molar-refractivity contribution in [2.75, 3.05) is 6.54 Å². The van der Waals surface area contributed by atoms with Crippen molar-refractivity contribution in [1.82, 2.24) is 5.32 Å². The summed E-state index contributed by atoms with van der Waals surface area (Å²) in [7, 11) is 0. The van der Waals surface area contributed by atoms with Crippen LogP contribution in [0.25, 0.3) is 0 Å². The number of carbonyl (C=O) groups is 2. The molecule has 0 radical (unpaired) electrons. The summed E-state index contributed by atoms with van der Waals surface area (Å²) in [5.74, 6) is -1.80. The molecule has 128 valence electrons. The smallest absolute Gasteiger partial charge is 0.308 e. The van der Waals surface area contributed by atoms with Gasteiger partial charge in [0.15, 0.2) is 5.60 Å². The highest BCUT2D eigenvalue weighted by atomic mass is 19.1. The van der Waals surface area contributed by atoms with Crippen LogP contribution in [0.15, 0.2) is 24.3 Å². The van der Waals surface area contributed by atoms with Gasteiger partial charge in [-0.3, -0.25) is 9.59 Å². The zero-order valence-corrected chi connectivity index (χ0v) is 13.9. The molecule has 0 saturated carbocycles. The molecule has 0 aromatic heterocycles. The van der Waals surface area contributed by atoms with Crippen LogP contribution < -0.4 is 10.1 Å². The van der Waals surface area contributed by atoms with Crippen LogP contribution in [-0.4, -0.2) is 29.1 Å². The Labute approximate surface area is 135 Å². The molecule has 1 unspecified atom stereocenters. The molecule has 1 aromatic carbocycles. The minimum absolute atomic E-state index is 0.0442. The minimum atomic E-state index is -1.20. The molecule has 0 heterocycles. The Balaban J connectivity index is 2.63. The molecular weight excluding hydrogens is 301 g/mol. The maximum absolute atomic E-state index is 12.9. The highest BCUT2D eigenvalue weighted by Gasteiger charge is 2.31. The molecule has 0 aliphatic rings. The number of benzene rings is 1. The molecule has 0 spiro atoms. The van der Waals surface area contributed by atoms with Gasteiger partial charge in [0, 0.05) is 6.54 Å². The van der Waals surface area contributed by atoms with E-state index in [1.165, 1.54) is 24.3 Å². The van der Waals surface area contributed by atoms with Crippen molar-refractivity contribution in [2.45, 2.75) is 39.7 Å². The lowest BCUT2D eigenvalue weighted by molar-refractivity contribution is -0.142. The molecular formula is C17H24FNO4. The van der Waals surface area contributed by atoms with E-state index in [2.05, 4.69) is 5.32 Å². The van der Waals surface area contributed by atoms with E-state index in [4.69, 9.17) is 4.74 Å². The van der Waals surface area contributed by atoms with Gasteiger partial charge in [-0.15, -0.1) is 0 Å². The minimum Gasteiger partial charge on any atom is -0.481 e. The van der Waals surface area contributed by atoms with Crippen LogP contribution in [0.5, 0.6) is 5.75 Å². The van der Waals surface area contributed by atoms with Gasteiger partial charge in [0.05, 0.1) is 5.92 Å². The van der Waals surface area contributed by atoms with Gasteiger partial charge in [-0.1, -0.05) is 13.8 Å². The molecule has 1 rings (SSSR count). The van der Waals surface area contributed by atoms with Gasteiger partial charge >= 0.3 is 5.97 Å². The van der Waals surface area contributed by atoms with Crippen molar-refractivity contribution >= 4 is 11.9 Å². The number of halogens is 1. The summed E-state index contributed by atoms with van der Waals surface area (Å²) in [6, 6.07) is 5.35. The number of carbonyl (C=O) groups excluding carboxylic acids is 1. The number of hydrogen-bond acceptors (Lipinski definition) is 3. The Morgan fingerprint density at radius 2 is 1.83 bits per heavy atom. The van der Waals surface area contributed by atoms with Crippen molar-refractivity contribution < 1.29 is 23.8 Å². The van der Waals surface area contributed by atoms with Crippen molar-refractivity contribution in [3.63, 3.8) is 0 Å². The Bertz CT molecular complexity index is 540. The van der Waals surface area contributed by atoms with Crippen LogP contribution in [0.4, 0.5) is 4.39 Å². The molecule has 1 aromatic rings. The van der Waals surface area contributed by atoms with E-state index >= 15 is 0 Å². The summed E-state index contributed by atoms with van der Waals surface area (Å²) < 4.78 is 18.4. The predicted octanol–water partition coefficient (Wildman–Crippen LogP) is 2.85. The number of nitrogens with one attached hydrogen (secondary N) is 1. The van der Waals surface area contributed by atoms with E-state index in [1.807, 2.05) is 13.8 Å². The summed E-state index contributed by atoms with van der Waals surface area (Å²) in [4.78, 5) is 23.4. The van der Waals surface area contributed by atoms with Gasteiger partial charge in [-0.05, 0) is 50.5 Å². The van der Waals surface area contributed by atoms with E-state index in [9.17, 15) is 19.1 Å². The van der Waals surface area contributed by atoms with Crippen molar-refractivity contribution in [1.29, 1.82) is 0 Å². The first kappa shape index (κ1) is 18.9. The molecule has 5 nitrogen and oxygen atoms in total. The second-order valence-corrected chi connectivity index (χ2v) is 6.44. The van der Waals surface area contributed by atoms with Gasteiger partial charge in [0.25, 0.3) is 5.91 Å². The number of rotatable bonds is 8. The Hall–Kier alpha value is -2.11. The van der Waals surface area contributed by atoms with Crippen molar-refractivity contribution in [3.8, 4) is 5.75 Å². The maximum Gasteiger partial charge on any atom is 0.308 e. The fraction of sp³-hybridized carbons (Fsp3) is 0.529. The lowest BCUT2D eigenvalue weighted by atomic mass is 9.97. The molecule has 1 atom stereocenters. The number of hydrogen-bond donors (Lipinski definition) is 2. The van der Waals surface area contributed by atoms with Crippen LogP contribution in [0.3, 0.4) is 0 Å². The summed E-state index contributed by atoms with van der Waals surface area (Å²) in [6.07, 6.45) is 0.481. The molecule has 0 fully saturated rings. The molecule has 1 amide bonds. The van der Waals surface area contributed by atoms with Crippen molar-refractivity contribution in [2.24, 2.45) is 11.8 Å². The Kier molecular flexibility index (Phi) is 6.54. The van der Waals surface area contributed by atoms with E-state index in [-0.39, 0.29) is 12.5 Å². The van der Waals surface area contributed by atoms with Crippen LogP contribution in [0.1, 0.15) is 34.1 Å². The van der Waals surface area contributed by atoms with Gasteiger partial charge in [-0.2, -0.15) is 0 Å². The molecule has 23 heavy (non-hydrogen) atoms. The number of carboxylic acid groups (broad SMARTS) is 1. The van der Waals surface area contributed by atoms with Gasteiger partial charge in [0.2, 0.25) is 0 Å². The zero-order chi connectivity index (χ0) is 17.6. The van der Waals surface area contributed by atoms with Gasteiger partial charge < -0.3 is 15.2 Å². The van der Waals surface area contributed by atoms with E-state index in [0.29, 0.717) is 12.2 Å².